The van der Waals surface area contributed by atoms with Crippen molar-refractivity contribution in [3.05, 3.63) is 60.6 Å². The fourth-order valence-electron chi connectivity index (χ4n) is 1.75. The van der Waals surface area contributed by atoms with Crippen LogP contribution >= 0.6 is 0 Å². The van der Waals surface area contributed by atoms with Crippen LogP contribution in [0, 0.1) is 0 Å². The summed E-state index contributed by atoms with van der Waals surface area (Å²) in [6.07, 6.45) is 4.31. The molecule has 0 saturated heterocycles. The number of anilines is 2. The highest BCUT2D eigenvalue weighted by atomic mass is 16.5. The van der Waals surface area contributed by atoms with E-state index in [0.717, 1.165) is 17.9 Å². The van der Waals surface area contributed by atoms with Crippen LogP contribution in [0.4, 0.5) is 11.5 Å². The van der Waals surface area contributed by atoms with E-state index >= 15 is 0 Å². The number of benzene rings is 1. The minimum absolute atomic E-state index is 0.475. The number of aliphatic imine (C=N–C) groups is 1. The Hall–Kier alpha value is -2.66. The van der Waals surface area contributed by atoms with Gasteiger partial charge in [-0.25, -0.2) is 9.98 Å². The first-order valence-corrected chi connectivity index (χ1v) is 6.93. The average Bonchev–Trinajstić information content (AvgIpc) is 2.57. The van der Waals surface area contributed by atoms with Crippen molar-refractivity contribution in [2.45, 2.75) is 6.42 Å². The number of pyridine rings is 1. The van der Waals surface area contributed by atoms with Gasteiger partial charge in [0.05, 0.1) is 0 Å². The number of rotatable bonds is 8. The van der Waals surface area contributed by atoms with Crippen molar-refractivity contribution in [3.63, 3.8) is 0 Å². The first-order chi connectivity index (χ1) is 10.8. The van der Waals surface area contributed by atoms with E-state index < -0.39 is 0 Å². The van der Waals surface area contributed by atoms with E-state index in [1.165, 1.54) is 0 Å². The standard InChI is InChI=1S/C17H19N3O2/c1-18-17(7-5-13-21-2)22-15-10-8-14(9-11-15)20-16-6-3-4-12-19-16/h3-4,6-12H,1,5,13H2,2H3,(H,19,20)/b17-7-. The molecule has 2 rings (SSSR count). The molecule has 0 radical (unpaired) electrons. The van der Waals surface area contributed by atoms with E-state index in [2.05, 4.69) is 22.0 Å². The van der Waals surface area contributed by atoms with Gasteiger partial charge in [-0.15, -0.1) is 0 Å². The van der Waals surface area contributed by atoms with Gasteiger partial charge in [-0.2, -0.15) is 0 Å². The van der Waals surface area contributed by atoms with E-state index in [1.54, 1.807) is 13.3 Å². The van der Waals surface area contributed by atoms with E-state index in [9.17, 15) is 0 Å². The Kier molecular flexibility index (Phi) is 6.14. The van der Waals surface area contributed by atoms with Crippen LogP contribution in [0.2, 0.25) is 0 Å². The minimum atomic E-state index is 0.475. The molecular formula is C17H19N3O2. The van der Waals surface area contributed by atoms with Crippen molar-refractivity contribution in [1.29, 1.82) is 0 Å². The average molecular weight is 297 g/mol. The number of aromatic nitrogens is 1. The molecule has 0 spiro atoms. The van der Waals surface area contributed by atoms with Crippen LogP contribution < -0.4 is 10.1 Å². The fourth-order valence-corrected chi connectivity index (χ4v) is 1.75. The van der Waals surface area contributed by atoms with Gasteiger partial charge in [0.25, 0.3) is 0 Å². The first kappa shape index (κ1) is 15.7. The molecule has 0 aliphatic carbocycles. The van der Waals surface area contributed by atoms with Gasteiger partial charge < -0.3 is 14.8 Å². The van der Waals surface area contributed by atoms with Crippen molar-refractivity contribution in [1.82, 2.24) is 4.98 Å². The molecular weight excluding hydrogens is 278 g/mol. The van der Waals surface area contributed by atoms with Gasteiger partial charge in [-0.3, -0.25) is 0 Å². The van der Waals surface area contributed by atoms with Crippen molar-refractivity contribution < 1.29 is 9.47 Å². The topological polar surface area (TPSA) is 55.7 Å². The molecule has 0 fully saturated rings. The number of nitrogens with zero attached hydrogens (tertiary/aromatic N) is 2. The SMILES string of the molecule is C=N/C(=C/CCOC)Oc1ccc(Nc2ccccn2)cc1. The van der Waals surface area contributed by atoms with Crippen molar-refractivity contribution in [3.8, 4) is 5.75 Å². The summed E-state index contributed by atoms with van der Waals surface area (Å²) in [7, 11) is 1.66. The van der Waals surface area contributed by atoms with E-state index in [-0.39, 0.29) is 0 Å². The maximum absolute atomic E-state index is 5.65. The molecule has 0 aliphatic heterocycles. The van der Waals surface area contributed by atoms with Crippen LogP contribution in [-0.2, 0) is 4.74 Å². The van der Waals surface area contributed by atoms with Crippen LogP contribution in [0.15, 0.2) is 65.6 Å². The summed E-state index contributed by atoms with van der Waals surface area (Å²) in [4.78, 5) is 8.07. The lowest BCUT2D eigenvalue weighted by atomic mass is 10.3. The molecule has 0 unspecified atom stereocenters. The Morgan fingerprint density at radius 2 is 2.09 bits per heavy atom. The van der Waals surface area contributed by atoms with Crippen LogP contribution in [0.1, 0.15) is 6.42 Å². The molecule has 1 aromatic heterocycles. The second kappa shape index (κ2) is 8.59. The lowest BCUT2D eigenvalue weighted by Crippen LogP contribution is -1.95. The number of methoxy groups -OCH3 is 1. The van der Waals surface area contributed by atoms with Crippen LogP contribution in [0.3, 0.4) is 0 Å². The van der Waals surface area contributed by atoms with E-state index in [1.807, 2.05) is 48.5 Å². The Balaban J connectivity index is 1.96. The van der Waals surface area contributed by atoms with Gasteiger partial charge in [0, 0.05) is 25.6 Å². The molecule has 0 bridgehead atoms. The molecule has 5 heteroatoms. The summed E-state index contributed by atoms with van der Waals surface area (Å²) < 4.78 is 10.6. The highest BCUT2D eigenvalue weighted by Gasteiger charge is 2.00. The maximum atomic E-state index is 5.65. The Morgan fingerprint density at radius 3 is 2.73 bits per heavy atom. The summed E-state index contributed by atoms with van der Waals surface area (Å²) in [5.74, 6) is 1.97. The summed E-state index contributed by atoms with van der Waals surface area (Å²) >= 11 is 0. The third kappa shape index (κ3) is 5.03. The number of ether oxygens (including phenoxy) is 2. The molecule has 1 N–H and O–H groups in total. The second-order valence-corrected chi connectivity index (χ2v) is 4.45. The minimum Gasteiger partial charge on any atom is -0.439 e. The molecule has 0 atom stereocenters. The highest BCUT2D eigenvalue weighted by molar-refractivity contribution is 5.56. The lowest BCUT2D eigenvalue weighted by molar-refractivity contribution is 0.203. The normalized spacial score (nSPS) is 11.0. The van der Waals surface area contributed by atoms with Gasteiger partial charge in [-0.05, 0) is 55.6 Å². The predicted molar refractivity (Wildman–Crippen MR) is 88.7 cm³/mol. The second-order valence-electron chi connectivity index (χ2n) is 4.45. The van der Waals surface area contributed by atoms with Gasteiger partial charge in [0.15, 0.2) is 0 Å². The Labute approximate surface area is 130 Å². The highest BCUT2D eigenvalue weighted by Crippen LogP contribution is 2.20. The van der Waals surface area contributed by atoms with Crippen molar-refractivity contribution in [2.24, 2.45) is 4.99 Å². The van der Waals surface area contributed by atoms with Gasteiger partial charge >= 0.3 is 0 Å². The molecule has 1 heterocycles. The van der Waals surface area contributed by atoms with Crippen molar-refractivity contribution >= 4 is 18.2 Å². The van der Waals surface area contributed by atoms with E-state index in [4.69, 9.17) is 9.47 Å². The number of hydrogen-bond donors (Lipinski definition) is 1. The van der Waals surface area contributed by atoms with Gasteiger partial charge in [0.1, 0.15) is 11.6 Å². The Bertz CT molecular complexity index is 610. The third-order valence-corrected chi connectivity index (χ3v) is 2.81. The zero-order valence-electron chi connectivity index (χ0n) is 12.5. The maximum Gasteiger partial charge on any atom is 0.214 e. The predicted octanol–water partition coefficient (Wildman–Crippen LogP) is 3.78. The molecule has 22 heavy (non-hydrogen) atoms. The van der Waals surface area contributed by atoms with E-state index in [0.29, 0.717) is 18.2 Å². The number of hydrogen-bond acceptors (Lipinski definition) is 5. The molecule has 0 aliphatic rings. The number of nitrogens with one attached hydrogen (secondary N) is 1. The van der Waals surface area contributed by atoms with Gasteiger partial charge in [-0.1, -0.05) is 6.07 Å². The molecule has 5 nitrogen and oxygen atoms in total. The summed E-state index contributed by atoms with van der Waals surface area (Å²) in [5.41, 5.74) is 0.933. The quantitative estimate of drug-likeness (QED) is 0.457. The molecule has 1 aromatic carbocycles. The summed E-state index contributed by atoms with van der Waals surface area (Å²) in [6, 6.07) is 13.3. The third-order valence-electron chi connectivity index (χ3n) is 2.81. The largest absolute Gasteiger partial charge is 0.439 e. The summed E-state index contributed by atoms with van der Waals surface area (Å²) in [6.45, 7) is 4.12. The van der Waals surface area contributed by atoms with Crippen LogP contribution in [0.25, 0.3) is 0 Å². The summed E-state index contributed by atoms with van der Waals surface area (Å²) in [5, 5.41) is 3.21. The van der Waals surface area contributed by atoms with Gasteiger partial charge in [0.2, 0.25) is 5.88 Å². The zero-order chi connectivity index (χ0) is 15.6. The van der Waals surface area contributed by atoms with Crippen molar-refractivity contribution in [2.75, 3.05) is 19.0 Å². The monoisotopic (exact) mass is 297 g/mol. The Morgan fingerprint density at radius 1 is 1.27 bits per heavy atom. The lowest BCUT2D eigenvalue weighted by Gasteiger charge is -2.08. The smallest absolute Gasteiger partial charge is 0.214 e. The fraction of sp³-hybridized carbons (Fsp3) is 0.176. The zero-order valence-corrected chi connectivity index (χ0v) is 12.5. The molecule has 0 saturated carbocycles. The van der Waals surface area contributed by atoms with Crippen LogP contribution in [0.5, 0.6) is 5.75 Å². The van der Waals surface area contributed by atoms with Crippen LogP contribution in [-0.4, -0.2) is 25.4 Å². The molecule has 0 amide bonds. The first-order valence-electron chi connectivity index (χ1n) is 6.93. The molecule has 114 valence electrons. The molecule has 2 aromatic rings.